The molecule has 2 aromatic heterocycles. The quantitative estimate of drug-likeness (QED) is 0.327. The number of nitrogen functional groups attached to an aromatic ring is 1. The minimum atomic E-state index is -1.26. The van der Waals surface area contributed by atoms with Gasteiger partial charge in [-0.3, -0.25) is 4.79 Å². The summed E-state index contributed by atoms with van der Waals surface area (Å²) in [7, 11) is -0.548. The van der Waals surface area contributed by atoms with Crippen LogP contribution in [0.2, 0.25) is 0 Å². The van der Waals surface area contributed by atoms with Crippen molar-refractivity contribution < 1.29 is 24.9 Å². The number of aliphatic hydroxyl groups is 2. The number of hydrogen-bond donors (Lipinski definition) is 5. The highest BCUT2D eigenvalue weighted by Gasteiger charge is 2.52. The molecular weight excluding hydrogens is 366 g/mol. The third-order valence-corrected chi connectivity index (χ3v) is 6.20. The van der Waals surface area contributed by atoms with Crippen LogP contribution >= 0.6 is 0 Å². The molecule has 1 aliphatic rings. The summed E-state index contributed by atoms with van der Waals surface area (Å²) in [5, 5.41) is 37.4. The van der Waals surface area contributed by atoms with Crippen molar-refractivity contribution in [2.75, 3.05) is 17.7 Å². The number of carboxylic acid groups (broad SMARTS) is 1. The first kappa shape index (κ1) is 18.7. The summed E-state index contributed by atoms with van der Waals surface area (Å²) in [5.74, 6) is -0.635. The van der Waals surface area contributed by atoms with Crippen molar-refractivity contribution in [2.45, 2.75) is 36.3 Å². The van der Waals surface area contributed by atoms with E-state index in [4.69, 9.17) is 21.3 Å². The first-order chi connectivity index (χ1) is 12.3. The lowest BCUT2D eigenvalue weighted by atomic mass is 10.2. The molecule has 1 fully saturated rings. The van der Waals surface area contributed by atoms with Gasteiger partial charge >= 0.3 is 5.97 Å². The molecule has 3 rings (SSSR count). The molecule has 0 radical (unpaired) electrons. The van der Waals surface area contributed by atoms with Gasteiger partial charge < -0.3 is 31.5 Å². The molecule has 26 heavy (non-hydrogen) atoms. The van der Waals surface area contributed by atoms with Crippen molar-refractivity contribution in [1.82, 2.24) is 25.0 Å². The number of aliphatic carboxylic acids is 1. The van der Waals surface area contributed by atoms with Crippen molar-refractivity contribution in [3.63, 3.8) is 0 Å². The highest BCUT2D eigenvalue weighted by Crippen LogP contribution is 2.33. The molecule has 0 spiro atoms. The zero-order chi connectivity index (χ0) is 19.0. The monoisotopic (exact) mass is 386 g/mol. The fraction of sp³-hybridized carbons (Fsp3) is 0.615. The van der Waals surface area contributed by atoms with Crippen LogP contribution in [0.3, 0.4) is 0 Å². The molecule has 1 saturated heterocycles. The Balaban J connectivity index is 1.76. The van der Waals surface area contributed by atoms with Crippen LogP contribution in [0, 0.1) is 0 Å². The number of carbonyl (C=O) groups is 1. The molecule has 0 amide bonds. The van der Waals surface area contributed by atoms with E-state index < -0.39 is 46.8 Å². The molecule has 0 bridgehead atoms. The summed E-state index contributed by atoms with van der Waals surface area (Å²) < 4.78 is 7.07. The molecule has 13 heteroatoms. The first-order valence-electron chi connectivity index (χ1n) is 7.74. The first-order valence-corrected chi connectivity index (χ1v) is 9.61. The molecule has 1 aliphatic heterocycles. The lowest BCUT2D eigenvalue weighted by Crippen LogP contribution is -2.39. The van der Waals surface area contributed by atoms with E-state index in [-0.39, 0.29) is 18.0 Å². The number of aliphatic hydroxyl groups excluding tert-OH is 2. The van der Waals surface area contributed by atoms with Gasteiger partial charge in [0.15, 0.2) is 23.5 Å². The zero-order valence-electron chi connectivity index (χ0n) is 13.8. The summed E-state index contributed by atoms with van der Waals surface area (Å²) in [5.41, 5.74) is 11.0. The van der Waals surface area contributed by atoms with Crippen molar-refractivity contribution in [3.05, 3.63) is 6.20 Å². The van der Waals surface area contributed by atoms with Crippen LogP contribution in [0.5, 0.6) is 0 Å². The molecule has 3 heterocycles. The molecule has 2 aromatic rings. The van der Waals surface area contributed by atoms with E-state index in [0.717, 1.165) is 0 Å². The van der Waals surface area contributed by atoms with Crippen molar-refractivity contribution in [3.8, 4) is 0 Å². The van der Waals surface area contributed by atoms with Crippen molar-refractivity contribution in [2.24, 2.45) is 5.73 Å². The standard InChI is InChI=1S/C13H19N7O5S/c1-26(3-2-5(14)11(23)24)12-8(22)7(21)10(25-12)20-9-6(18-19-20)4-16-13(15)17-9/h4-5,7-8,10,12,21-22H,2-3,14H2,1H3,(H2-,15,16,17,19,23,24)/p+1/t5-,7+,8-,10+,12+,26?/m0/s1. The second-order valence-electron chi connectivity index (χ2n) is 5.98. The summed E-state index contributed by atoms with van der Waals surface area (Å²) in [6.07, 6.45) is 0.0122. The number of rotatable bonds is 6. The number of nitrogens with two attached hydrogens (primary N) is 2. The molecule has 6 atom stereocenters. The zero-order valence-corrected chi connectivity index (χ0v) is 14.7. The lowest BCUT2D eigenvalue weighted by Gasteiger charge is -2.15. The molecule has 0 saturated carbocycles. The maximum Gasteiger partial charge on any atom is 0.320 e. The second kappa shape index (κ2) is 7.28. The number of ether oxygens (including phenoxy) is 1. The molecule has 0 aromatic carbocycles. The largest absolute Gasteiger partial charge is 0.480 e. The van der Waals surface area contributed by atoms with Crippen LogP contribution < -0.4 is 11.5 Å². The SMILES string of the molecule is C[S+](CC[C@H](N)C(=O)O)[C@H]1O[C@@H](n2nnc3cnc(N)nc32)[C@H](O)[C@@H]1O. The van der Waals surface area contributed by atoms with Gasteiger partial charge in [-0.05, 0) is 0 Å². The van der Waals surface area contributed by atoms with Crippen LogP contribution in [-0.2, 0) is 20.4 Å². The Bertz CT molecular complexity index is 804. The summed E-state index contributed by atoms with van der Waals surface area (Å²) in [6.45, 7) is 0. The highest BCUT2D eigenvalue weighted by atomic mass is 32.2. The summed E-state index contributed by atoms with van der Waals surface area (Å²) >= 11 is 0. The van der Waals surface area contributed by atoms with Gasteiger partial charge in [0.25, 0.3) is 0 Å². The van der Waals surface area contributed by atoms with Crippen LogP contribution in [0.4, 0.5) is 5.95 Å². The summed E-state index contributed by atoms with van der Waals surface area (Å²) in [4.78, 5) is 18.7. The van der Waals surface area contributed by atoms with Gasteiger partial charge in [-0.1, -0.05) is 5.21 Å². The second-order valence-corrected chi connectivity index (χ2v) is 8.23. The molecular formula is C13H20N7O5S+. The van der Waals surface area contributed by atoms with Gasteiger partial charge in [0.05, 0.1) is 6.20 Å². The van der Waals surface area contributed by atoms with Crippen molar-refractivity contribution >= 4 is 34.0 Å². The highest BCUT2D eigenvalue weighted by molar-refractivity contribution is 7.96. The van der Waals surface area contributed by atoms with Gasteiger partial charge in [0.2, 0.25) is 11.4 Å². The smallest absolute Gasteiger partial charge is 0.320 e. The van der Waals surface area contributed by atoms with Gasteiger partial charge in [0, 0.05) is 17.3 Å². The Hall–Kier alpha value is -2.06. The number of carboxylic acids is 1. The van der Waals surface area contributed by atoms with E-state index in [9.17, 15) is 15.0 Å². The van der Waals surface area contributed by atoms with E-state index in [1.807, 2.05) is 6.26 Å². The normalized spacial score (nSPS) is 28.3. The van der Waals surface area contributed by atoms with Gasteiger partial charge in [0.1, 0.15) is 24.2 Å². The Kier molecular flexibility index (Phi) is 5.24. The number of nitrogens with zero attached hydrogens (tertiary/aromatic N) is 5. The molecule has 12 nitrogen and oxygen atoms in total. The van der Waals surface area contributed by atoms with Crippen LogP contribution in [-0.4, -0.2) is 81.9 Å². The number of hydrogen-bond acceptors (Lipinski definition) is 10. The topological polar surface area (TPSA) is 196 Å². The van der Waals surface area contributed by atoms with Crippen molar-refractivity contribution in [1.29, 1.82) is 0 Å². The van der Waals surface area contributed by atoms with E-state index >= 15 is 0 Å². The lowest BCUT2D eigenvalue weighted by molar-refractivity contribution is -0.138. The van der Waals surface area contributed by atoms with Gasteiger partial charge in [-0.25, -0.2) is 4.98 Å². The Morgan fingerprint density at radius 3 is 2.88 bits per heavy atom. The van der Waals surface area contributed by atoms with Crippen LogP contribution in [0.1, 0.15) is 12.6 Å². The molecule has 142 valence electrons. The van der Waals surface area contributed by atoms with Gasteiger partial charge in [-0.2, -0.15) is 9.67 Å². The van der Waals surface area contributed by atoms with Crippen LogP contribution in [0.15, 0.2) is 6.20 Å². The van der Waals surface area contributed by atoms with E-state index in [1.165, 1.54) is 10.9 Å². The Morgan fingerprint density at radius 2 is 2.19 bits per heavy atom. The average molecular weight is 386 g/mol. The van der Waals surface area contributed by atoms with E-state index in [1.54, 1.807) is 0 Å². The molecule has 0 aliphatic carbocycles. The van der Waals surface area contributed by atoms with Gasteiger partial charge in [-0.15, -0.1) is 5.10 Å². The van der Waals surface area contributed by atoms with E-state index in [0.29, 0.717) is 11.3 Å². The fourth-order valence-corrected chi connectivity index (χ4v) is 4.44. The minimum Gasteiger partial charge on any atom is -0.480 e. The predicted octanol–water partition coefficient (Wildman–Crippen LogP) is -2.57. The third-order valence-electron chi connectivity index (χ3n) is 4.13. The molecule has 7 N–H and O–H groups in total. The maximum atomic E-state index is 10.8. The average Bonchev–Trinajstić information content (AvgIpc) is 3.13. The number of anilines is 1. The Morgan fingerprint density at radius 1 is 1.46 bits per heavy atom. The predicted molar refractivity (Wildman–Crippen MR) is 91.8 cm³/mol. The Labute approximate surface area is 150 Å². The maximum absolute atomic E-state index is 10.8. The minimum absolute atomic E-state index is 0.0172. The summed E-state index contributed by atoms with van der Waals surface area (Å²) in [6, 6.07) is -0.983. The fourth-order valence-electron chi connectivity index (χ4n) is 2.64. The number of fused-ring (bicyclic) bond motifs is 1. The number of aromatic nitrogens is 5. The van der Waals surface area contributed by atoms with E-state index in [2.05, 4.69) is 20.3 Å². The van der Waals surface area contributed by atoms with Crippen LogP contribution in [0.25, 0.3) is 11.2 Å². The molecule has 1 unspecified atom stereocenters. The third kappa shape index (κ3) is 3.43.